The van der Waals surface area contributed by atoms with Crippen molar-refractivity contribution < 1.29 is 9.53 Å². The van der Waals surface area contributed by atoms with E-state index in [2.05, 4.69) is 4.98 Å². The Kier molecular flexibility index (Phi) is 5.11. The summed E-state index contributed by atoms with van der Waals surface area (Å²) in [6.45, 7) is 1.97. The third-order valence-electron chi connectivity index (χ3n) is 5.61. The van der Waals surface area contributed by atoms with E-state index in [4.69, 9.17) is 21.2 Å². The number of nitrogens with two attached hydrogens (primary N) is 2. The van der Waals surface area contributed by atoms with Crippen LogP contribution < -0.4 is 16.2 Å². The molecule has 6 heteroatoms. The van der Waals surface area contributed by atoms with E-state index in [0.29, 0.717) is 34.1 Å². The van der Waals surface area contributed by atoms with E-state index < -0.39 is 6.04 Å². The number of aliphatic imine (C=N–C) groups is 1. The number of anilines is 2. The molecule has 1 atom stereocenters. The molecular formula is C27H22N4O2. The van der Waals surface area contributed by atoms with Crippen molar-refractivity contribution in [2.75, 3.05) is 11.5 Å². The van der Waals surface area contributed by atoms with Gasteiger partial charge in [-0.15, -0.1) is 0 Å². The van der Waals surface area contributed by atoms with Crippen LogP contribution in [-0.2, 0) is 0 Å². The monoisotopic (exact) mass is 434 g/mol. The Balaban J connectivity index is 1.55. The fourth-order valence-corrected chi connectivity index (χ4v) is 3.88. The van der Waals surface area contributed by atoms with Crippen LogP contribution in [0, 0.1) is 6.92 Å². The molecule has 0 aliphatic carbocycles. The van der Waals surface area contributed by atoms with Gasteiger partial charge < -0.3 is 16.2 Å². The van der Waals surface area contributed by atoms with E-state index in [1.54, 1.807) is 42.6 Å². The molecule has 4 N–H and O–H groups in total. The smallest absolute Gasteiger partial charge is 0.194 e. The van der Waals surface area contributed by atoms with Crippen LogP contribution in [0.25, 0.3) is 0 Å². The van der Waals surface area contributed by atoms with Gasteiger partial charge in [0.25, 0.3) is 0 Å². The van der Waals surface area contributed by atoms with Gasteiger partial charge in [0.1, 0.15) is 17.5 Å². The second-order valence-corrected chi connectivity index (χ2v) is 7.96. The molecule has 0 fully saturated rings. The lowest BCUT2D eigenvalue weighted by molar-refractivity contribution is 0.0959. The number of carbonyl (C=O) groups is 1. The predicted octanol–water partition coefficient (Wildman–Crippen LogP) is 5.12. The van der Waals surface area contributed by atoms with Crippen molar-refractivity contribution in [1.82, 2.24) is 4.98 Å². The number of hydrogen-bond acceptors (Lipinski definition) is 6. The van der Waals surface area contributed by atoms with E-state index in [9.17, 15) is 4.79 Å². The van der Waals surface area contributed by atoms with Crippen molar-refractivity contribution in [3.05, 3.63) is 113 Å². The topological polar surface area (TPSA) is 104 Å². The number of ketones is 1. The summed E-state index contributed by atoms with van der Waals surface area (Å²) in [6.07, 6.45) is 1.68. The molecule has 0 amide bonds. The van der Waals surface area contributed by atoms with E-state index in [-0.39, 0.29) is 5.78 Å². The van der Waals surface area contributed by atoms with Crippen LogP contribution in [0.15, 0.2) is 90.1 Å². The van der Waals surface area contributed by atoms with Gasteiger partial charge in [-0.05, 0) is 84.8 Å². The number of aromatic nitrogens is 1. The van der Waals surface area contributed by atoms with E-state index in [1.165, 1.54) is 0 Å². The predicted molar refractivity (Wildman–Crippen MR) is 130 cm³/mol. The first-order valence-corrected chi connectivity index (χ1v) is 10.6. The zero-order valence-corrected chi connectivity index (χ0v) is 18.0. The summed E-state index contributed by atoms with van der Waals surface area (Å²) in [5.41, 5.74) is 17.3. The standard InChI is InChI=1S/C27H22N4O2/c1-16-15-18(6-13-23(16)33-21-11-9-20(29)10-12-21)24-26-22(3-2-14-30-26)27(32)25(31-24)17-4-7-19(28)8-5-17/h2-15,25H,28-29H2,1H3. The Hall–Kier alpha value is -4.45. The number of ether oxygens (including phenoxy) is 1. The molecule has 33 heavy (non-hydrogen) atoms. The number of aryl methyl sites for hydroxylation is 1. The van der Waals surface area contributed by atoms with Crippen LogP contribution in [0.4, 0.5) is 11.4 Å². The molecule has 1 aromatic heterocycles. The van der Waals surface area contributed by atoms with Crippen LogP contribution in [0.5, 0.6) is 11.5 Å². The minimum atomic E-state index is -0.650. The summed E-state index contributed by atoms with van der Waals surface area (Å²) in [5.74, 6) is 1.36. The van der Waals surface area contributed by atoms with E-state index in [0.717, 1.165) is 22.4 Å². The zero-order chi connectivity index (χ0) is 22.9. The summed E-state index contributed by atoms with van der Waals surface area (Å²) in [6, 6.07) is 23.3. The number of rotatable bonds is 4. The number of fused-ring (bicyclic) bond motifs is 1. The third-order valence-corrected chi connectivity index (χ3v) is 5.61. The van der Waals surface area contributed by atoms with Gasteiger partial charge in [0, 0.05) is 28.7 Å². The molecule has 5 rings (SSSR count). The van der Waals surface area contributed by atoms with Crippen molar-refractivity contribution in [1.29, 1.82) is 0 Å². The molecule has 1 aliphatic rings. The lowest BCUT2D eigenvalue weighted by atomic mass is 9.89. The molecule has 6 nitrogen and oxygen atoms in total. The van der Waals surface area contributed by atoms with Crippen LogP contribution >= 0.6 is 0 Å². The number of hydrogen-bond donors (Lipinski definition) is 2. The average molecular weight is 434 g/mol. The van der Waals surface area contributed by atoms with Crippen LogP contribution in [0.1, 0.15) is 38.8 Å². The SMILES string of the molecule is Cc1cc(C2=NC(c3ccc(N)cc3)C(=O)c3cccnc32)ccc1Oc1ccc(N)cc1. The Morgan fingerprint density at radius 1 is 0.879 bits per heavy atom. The summed E-state index contributed by atoms with van der Waals surface area (Å²) in [7, 11) is 0. The Morgan fingerprint density at radius 2 is 1.58 bits per heavy atom. The second kappa shape index (κ2) is 8.24. The van der Waals surface area contributed by atoms with Crippen molar-refractivity contribution in [3.63, 3.8) is 0 Å². The van der Waals surface area contributed by atoms with Gasteiger partial charge in [-0.3, -0.25) is 14.8 Å². The van der Waals surface area contributed by atoms with Gasteiger partial charge >= 0.3 is 0 Å². The minimum Gasteiger partial charge on any atom is -0.457 e. The van der Waals surface area contributed by atoms with Crippen molar-refractivity contribution in [3.8, 4) is 11.5 Å². The summed E-state index contributed by atoms with van der Waals surface area (Å²) < 4.78 is 6.02. The van der Waals surface area contributed by atoms with Crippen molar-refractivity contribution in [2.45, 2.75) is 13.0 Å². The number of nitrogen functional groups attached to an aromatic ring is 2. The molecular weight excluding hydrogens is 412 g/mol. The van der Waals surface area contributed by atoms with Crippen LogP contribution in [0.2, 0.25) is 0 Å². The first kappa shape index (κ1) is 20.5. The van der Waals surface area contributed by atoms with Crippen LogP contribution in [0.3, 0.4) is 0 Å². The van der Waals surface area contributed by atoms with Gasteiger partial charge in [-0.25, -0.2) is 0 Å². The maximum absolute atomic E-state index is 13.2. The van der Waals surface area contributed by atoms with Gasteiger partial charge in [0.15, 0.2) is 5.78 Å². The molecule has 2 heterocycles. The maximum Gasteiger partial charge on any atom is 0.194 e. The second-order valence-electron chi connectivity index (χ2n) is 7.96. The zero-order valence-electron chi connectivity index (χ0n) is 18.0. The summed E-state index contributed by atoms with van der Waals surface area (Å²) >= 11 is 0. The minimum absolute atomic E-state index is 0.0772. The number of nitrogens with zero attached hydrogens (tertiary/aromatic N) is 2. The van der Waals surface area contributed by atoms with Crippen LogP contribution in [-0.4, -0.2) is 16.5 Å². The number of pyridine rings is 1. The highest BCUT2D eigenvalue weighted by Gasteiger charge is 2.31. The lowest BCUT2D eigenvalue weighted by Crippen LogP contribution is -2.24. The van der Waals surface area contributed by atoms with Crippen molar-refractivity contribution >= 4 is 22.9 Å². The summed E-state index contributed by atoms with van der Waals surface area (Å²) in [5, 5.41) is 0. The molecule has 1 aliphatic heterocycles. The first-order chi connectivity index (χ1) is 16.0. The summed E-state index contributed by atoms with van der Waals surface area (Å²) in [4.78, 5) is 22.6. The molecule has 3 aromatic carbocycles. The highest BCUT2D eigenvalue weighted by Crippen LogP contribution is 2.33. The van der Waals surface area contributed by atoms with Gasteiger partial charge in [0.2, 0.25) is 0 Å². The lowest BCUT2D eigenvalue weighted by Gasteiger charge is -2.22. The highest BCUT2D eigenvalue weighted by atomic mass is 16.5. The first-order valence-electron chi connectivity index (χ1n) is 10.6. The van der Waals surface area contributed by atoms with Crippen molar-refractivity contribution in [2.24, 2.45) is 4.99 Å². The highest BCUT2D eigenvalue weighted by molar-refractivity contribution is 6.21. The molecule has 1 unspecified atom stereocenters. The Morgan fingerprint density at radius 3 is 2.27 bits per heavy atom. The van der Waals surface area contributed by atoms with Gasteiger partial charge in [0.05, 0.1) is 11.4 Å². The fraction of sp³-hybridized carbons (Fsp3) is 0.0741. The maximum atomic E-state index is 13.2. The quantitative estimate of drug-likeness (QED) is 0.434. The van der Waals surface area contributed by atoms with Gasteiger partial charge in [-0.2, -0.15) is 0 Å². The number of carbonyl (C=O) groups excluding carboxylic acids is 1. The Bertz CT molecular complexity index is 1380. The van der Waals surface area contributed by atoms with E-state index >= 15 is 0 Å². The molecule has 0 bridgehead atoms. The average Bonchev–Trinajstić information content (AvgIpc) is 2.83. The third kappa shape index (κ3) is 3.94. The fourth-order valence-electron chi connectivity index (χ4n) is 3.88. The number of Topliss-reactive ketones (excluding diaryl/α,β-unsaturated/α-hetero) is 1. The molecule has 0 saturated heterocycles. The molecule has 4 aromatic rings. The van der Waals surface area contributed by atoms with Gasteiger partial charge in [-0.1, -0.05) is 12.1 Å². The normalized spacial score (nSPS) is 15.0. The van der Waals surface area contributed by atoms with E-state index in [1.807, 2.05) is 49.4 Å². The number of benzene rings is 3. The Labute approximate surface area is 191 Å². The molecule has 0 spiro atoms. The largest absolute Gasteiger partial charge is 0.457 e. The molecule has 0 radical (unpaired) electrons. The molecule has 0 saturated carbocycles. The molecule has 162 valence electrons.